The monoisotopic (exact) mass is 389 g/mol. The van der Waals surface area contributed by atoms with E-state index < -0.39 is 0 Å². The van der Waals surface area contributed by atoms with Crippen molar-refractivity contribution in [1.82, 2.24) is 14.7 Å². The number of benzene rings is 1. The van der Waals surface area contributed by atoms with E-state index >= 15 is 0 Å². The third kappa shape index (κ3) is 3.86. The van der Waals surface area contributed by atoms with Crippen LogP contribution in [-0.2, 0) is 6.54 Å². The first-order valence-corrected chi connectivity index (χ1v) is 7.81. The number of likely N-dealkylation sites (N-methyl/N-ethyl adjacent to an activating group) is 1. The molecule has 1 heterocycles. The number of aromatic nitrogens is 2. The number of halogens is 3. The van der Waals surface area contributed by atoms with Gasteiger partial charge in [0.05, 0.1) is 22.8 Å². The average Bonchev–Trinajstić information content (AvgIpc) is 2.77. The van der Waals surface area contributed by atoms with Gasteiger partial charge in [0.2, 0.25) is 5.78 Å². The minimum Gasteiger partial charge on any atom is -0.308 e. The maximum absolute atomic E-state index is 12.7. The van der Waals surface area contributed by atoms with Crippen LogP contribution < -0.4 is 0 Å². The molecule has 4 nitrogen and oxygen atoms in total. The summed E-state index contributed by atoms with van der Waals surface area (Å²) in [7, 11) is 3.91. The Balaban J connectivity index is 2.36. The lowest BCUT2D eigenvalue weighted by Gasteiger charge is -2.12. The molecule has 0 N–H and O–H groups in total. The Kier molecular flexibility index (Phi) is 5.43. The van der Waals surface area contributed by atoms with Crippen molar-refractivity contribution in [2.45, 2.75) is 6.54 Å². The lowest BCUT2D eigenvalue weighted by molar-refractivity contribution is 0.102. The van der Waals surface area contributed by atoms with Gasteiger partial charge in [-0.1, -0.05) is 39.1 Å². The molecule has 0 aliphatic carbocycles. The molecule has 0 radical (unpaired) electrons. The lowest BCUT2D eigenvalue weighted by Crippen LogP contribution is -2.21. The van der Waals surface area contributed by atoms with Crippen molar-refractivity contribution in [3.05, 3.63) is 50.2 Å². The molecular formula is C14H14BrCl2N3O. The van der Waals surface area contributed by atoms with Gasteiger partial charge < -0.3 is 4.90 Å². The van der Waals surface area contributed by atoms with Gasteiger partial charge >= 0.3 is 0 Å². The van der Waals surface area contributed by atoms with Gasteiger partial charge in [0.15, 0.2) is 0 Å². The Labute approximate surface area is 141 Å². The fraction of sp³-hybridized carbons (Fsp3) is 0.286. The van der Waals surface area contributed by atoms with Crippen LogP contribution in [0.5, 0.6) is 0 Å². The summed E-state index contributed by atoms with van der Waals surface area (Å²) in [6, 6.07) is 5.13. The van der Waals surface area contributed by atoms with Crippen molar-refractivity contribution in [1.29, 1.82) is 0 Å². The van der Waals surface area contributed by atoms with E-state index in [-0.39, 0.29) is 5.78 Å². The normalized spacial score (nSPS) is 11.1. The summed E-state index contributed by atoms with van der Waals surface area (Å²) in [5.74, 6) is -0.228. The highest BCUT2D eigenvalue weighted by Crippen LogP contribution is 2.26. The van der Waals surface area contributed by atoms with Gasteiger partial charge in [-0.15, -0.1) is 0 Å². The zero-order valence-corrected chi connectivity index (χ0v) is 14.7. The van der Waals surface area contributed by atoms with Gasteiger partial charge in [0.1, 0.15) is 5.69 Å². The summed E-state index contributed by atoms with van der Waals surface area (Å²) in [6.45, 7) is 1.33. The van der Waals surface area contributed by atoms with Crippen LogP contribution in [-0.4, -0.2) is 41.1 Å². The Morgan fingerprint density at radius 3 is 2.67 bits per heavy atom. The second kappa shape index (κ2) is 6.92. The summed E-state index contributed by atoms with van der Waals surface area (Å²) in [5.41, 5.74) is 0.774. The molecule has 7 heteroatoms. The first-order valence-electron chi connectivity index (χ1n) is 6.26. The number of hydrogen-bond acceptors (Lipinski definition) is 3. The molecule has 1 aromatic heterocycles. The predicted octanol–water partition coefficient (Wildman–Crippen LogP) is 3.75. The largest absolute Gasteiger partial charge is 0.308 e. The SMILES string of the molecule is CN(C)CCn1ncc(Cl)c1C(=O)c1ccc(Br)cc1Cl. The van der Waals surface area contributed by atoms with Crippen molar-refractivity contribution in [3.63, 3.8) is 0 Å². The molecule has 0 atom stereocenters. The van der Waals surface area contributed by atoms with Crippen LogP contribution in [0.4, 0.5) is 0 Å². The fourth-order valence-electron chi connectivity index (χ4n) is 1.85. The van der Waals surface area contributed by atoms with Crippen LogP contribution in [0.15, 0.2) is 28.9 Å². The molecule has 0 spiro atoms. The summed E-state index contributed by atoms with van der Waals surface area (Å²) in [4.78, 5) is 14.7. The molecule has 0 bridgehead atoms. The van der Waals surface area contributed by atoms with E-state index in [9.17, 15) is 4.79 Å². The summed E-state index contributed by atoms with van der Waals surface area (Å²) in [5, 5.41) is 4.88. The minimum absolute atomic E-state index is 0.228. The first kappa shape index (κ1) is 16.5. The molecule has 0 fully saturated rings. The number of carbonyl (C=O) groups is 1. The van der Waals surface area contributed by atoms with Crippen molar-refractivity contribution in [2.24, 2.45) is 0 Å². The van der Waals surface area contributed by atoms with Gasteiger partial charge in [-0.05, 0) is 32.3 Å². The highest BCUT2D eigenvalue weighted by atomic mass is 79.9. The molecule has 21 heavy (non-hydrogen) atoms. The molecule has 1 aromatic carbocycles. The van der Waals surface area contributed by atoms with E-state index in [0.29, 0.717) is 27.8 Å². The Morgan fingerprint density at radius 1 is 1.33 bits per heavy atom. The van der Waals surface area contributed by atoms with E-state index in [0.717, 1.165) is 11.0 Å². The van der Waals surface area contributed by atoms with Gasteiger partial charge in [0.25, 0.3) is 0 Å². The van der Waals surface area contributed by atoms with Gasteiger partial charge in [-0.2, -0.15) is 5.10 Å². The van der Waals surface area contributed by atoms with E-state index in [1.54, 1.807) is 22.9 Å². The quantitative estimate of drug-likeness (QED) is 0.729. The average molecular weight is 391 g/mol. The number of nitrogens with zero attached hydrogens (tertiary/aromatic N) is 3. The van der Waals surface area contributed by atoms with Gasteiger partial charge in [0, 0.05) is 16.6 Å². The van der Waals surface area contributed by atoms with E-state index in [4.69, 9.17) is 23.2 Å². The standard InChI is InChI=1S/C14H14BrCl2N3O/c1-19(2)5-6-20-13(12(17)8-18-20)14(21)10-4-3-9(15)7-11(10)16/h3-4,7-8H,5-6H2,1-2H3. The van der Waals surface area contributed by atoms with Gasteiger partial charge in [-0.25, -0.2) is 0 Å². The molecule has 112 valence electrons. The van der Waals surface area contributed by atoms with E-state index in [2.05, 4.69) is 21.0 Å². The third-order valence-electron chi connectivity index (χ3n) is 2.94. The second-order valence-corrected chi connectivity index (χ2v) is 6.55. The fourth-order valence-corrected chi connectivity index (χ4v) is 2.84. The summed E-state index contributed by atoms with van der Waals surface area (Å²) < 4.78 is 2.43. The maximum atomic E-state index is 12.7. The Bertz CT molecular complexity index is 670. The first-order chi connectivity index (χ1) is 9.90. The lowest BCUT2D eigenvalue weighted by atomic mass is 10.1. The number of hydrogen-bond donors (Lipinski definition) is 0. The van der Waals surface area contributed by atoms with Crippen molar-refractivity contribution in [3.8, 4) is 0 Å². The Morgan fingerprint density at radius 2 is 2.05 bits per heavy atom. The third-order valence-corrected chi connectivity index (χ3v) is 4.03. The Hall–Kier alpha value is -0.880. The smallest absolute Gasteiger partial charge is 0.214 e. The van der Waals surface area contributed by atoms with Gasteiger partial charge in [-0.3, -0.25) is 9.48 Å². The van der Waals surface area contributed by atoms with Crippen molar-refractivity contribution in [2.75, 3.05) is 20.6 Å². The van der Waals surface area contributed by atoms with Crippen LogP contribution in [0.25, 0.3) is 0 Å². The molecule has 0 amide bonds. The second-order valence-electron chi connectivity index (χ2n) is 4.82. The highest BCUT2D eigenvalue weighted by molar-refractivity contribution is 9.10. The molecule has 0 unspecified atom stereocenters. The molecule has 0 saturated heterocycles. The number of ketones is 1. The molecule has 0 saturated carbocycles. The van der Waals surface area contributed by atoms with Crippen molar-refractivity contribution >= 4 is 44.9 Å². The number of carbonyl (C=O) groups excluding carboxylic acids is 1. The highest BCUT2D eigenvalue weighted by Gasteiger charge is 2.21. The topological polar surface area (TPSA) is 38.1 Å². The zero-order valence-electron chi connectivity index (χ0n) is 11.6. The van der Waals surface area contributed by atoms with Crippen LogP contribution in [0.3, 0.4) is 0 Å². The minimum atomic E-state index is -0.228. The zero-order chi connectivity index (χ0) is 15.6. The maximum Gasteiger partial charge on any atom is 0.214 e. The van der Waals surface area contributed by atoms with Crippen LogP contribution >= 0.6 is 39.1 Å². The molecule has 0 aliphatic rings. The molecule has 2 rings (SSSR count). The summed E-state index contributed by atoms with van der Waals surface area (Å²) >= 11 is 15.6. The number of rotatable bonds is 5. The molecule has 0 aliphatic heterocycles. The van der Waals surface area contributed by atoms with E-state index in [1.165, 1.54) is 6.20 Å². The van der Waals surface area contributed by atoms with Crippen molar-refractivity contribution < 1.29 is 4.79 Å². The molecular weight excluding hydrogens is 377 g/mol. The van der Waals surface area contributed by atoms with Crippen LogP contribution in [0, 0.1) is 0 Å². The predicted molar refractivity (Wildman–Crippen MR) is 88.4 cm³/mol. The van der Waals surface area contributed by atoms with E-state index in [1.807, 2.05) is 19.0 Å². The van der Waals surface area contributed by atoms with Crippen LogP contribution in [0.2, 0.25) is 10.0 Å². The summed E-state index contributed by atoms with van der Waals surface area (Å²) in [6.07, 6.45) is 1.48. The van der Waals surface area contributed by atoms with Crippen LogP contribution in [0.1, 0.15) is 16.1 Å². The molecule has 2 aromatic rings.